The normalized spacial score (nSPS) is 15.9. The average Bonchev–Trinajstić information content (AvgIpc) is 1.61. The summed E-state index contributed by atoms with van der Waals surface area (Å²) in [7, 11) is 0. The number of fused-ring (bicyclic) bond motifs is 12. The second-order valence-electron chi connectivity index (χ2n) is 32.8. The number of hydrogen-bond donors (Lipinski definition) is 4. The lowest BCUT2D eigenvalue weighted by Gasteiger charge is -2.36. The van der Waals surface area contributed by atoms with Gasteiger partial charge in [0.1, 0.15) is 78.6 Å². The van der Waals surface area contributed by atoms with Crippen LogP contribution in [0.15, 0.2) is 227 Å². The molecule has 6 atom stereocenters. The molecule has 31 heteroatoms. The van der Waals surface area contributed by atoms with Crippen molar-refractivity contribution in [3.63, 3.8) is 0 Å². The molecule has 0 saturated carbocycles. The van der Waals surface area contributed by atoms with Crippen LogP contribution in [0, 0.1) is 0 Å². The molecule has 0 fully saturated rings. The highest BCUT2D eigenvalue weighted by molar-refractivity contribution is 6.32. The zero-order valence-electron chi connectivity index (χ0n) is 74.5. The Labute approximate surface area is 802 Å². The van der Waals surface area contributed by atoms with E-state index in [1.807, 2.05) is 224 Å². The summed E-state index contributed by atoms with van der Waals surface area (Å²) in [6, 6.07) is 53.7. The van der Waals surface area contributed by atoms with Crippen molar-refractivity contribution in [3.8, 4) is 23.0 Å². The number of carbonyl (C=O) groups excluding carboxylic acids is 4. The average molecular weight is 1920 g/mol. The first-order valence-corrected chi connectivity index (χ1v) is 47.5. The maximum Gasteiger partial charge on any atom is 0.415 e. The van der Waals surface area contributed by atoms with E-state index in [2.05, 4.69) is 48.2 Å². The number of alkyl halides is 2. The molecule has 6 unspecified atom stereocenters. The molecule has 133 heavy (non-hydrogen) atoms. The van der Waals surface area contributed by atoms with Gasteiger partial charge in [-0.05, 0) is 237 Å². The maximum absolute atomic E-state index is 13.2. The monoisotopic (exact) mass is 1920 g/mol. The minimum atomic E-state index is -0.431. The van der Waals surface area contributed by atoms with E-state index in [1.165, 1.54) is 28.6 Å². The fraction of sp³-hybridized carbons (Fsp3) is 0.324. The Morgan fingerprint density at radius 1 is 0.436 bits per heavy atom. The van der Waals surface area contributed by atoms with Crippen LogP contribution in [-0.4, -0.2) is 171 Å². The van der Waals surface area contributed by atoms with E-state index in [0.29, 0.717) is 90.9 Å². The predicted octanol–water partition coefficient (Wildman–Crippen LogP) is 24.3. The van der Waals surface area contributed by atoms with E-state index in [-0.39, 0.29) is 61.3 Å². The highest BCUT2D eigenvalue weighted by Gasteiger charge is 2.41. The number of imidazole rings is 1. The number of nitrogens with one attached hydrogen (secondary N) is 4. The van der Waals surface area contributed by atoms with Crippen LogP contribution < -0.4 is 18.9 Å². The van der Waals surface area contributed by atoms with Gasteiger partial charge >= 0.3 is 24.4 Å². The van der Waals surface area contributed by atoms with Gasteiger partial charge in [0, 0.05) is 156 Å². The van der Waals surface area contributed by atoms with E-state index in [0.717, 1.165) is 189 Å². The molecule has 4 N–H and O–H groups in total. The molecule has 10 heterocycles. The largest absolute Gasteiger partial charge is 0.494 e. The Balaban J connectivity index is 0.000000136. The Morgan fingerprint density at radius 3 is 1.08 bits per heavy atom. The molecular formula is C102H107Cl6N13O12. The summed E-state index contributed by atoms with van der Waals surface area (Å²) in [6.07, 6.45) is 17.5. The van der Waals surface area contributed by atoms with Gasteiger partial charge in [0.15, 0.2) is 0 Å². The lowest BCUT2D eigenvalue weighted by Crippen LogP contribution is -2.41. The number of aromatic amines is 4. The minimum absolute atomic E-state index is 0.140. The molecule has 694 valence electrons. The predicted molar refractivity (Wildman–Crippen MR) is 523 cm³/mol. The smallest absolute Gasteiger partial charge is 0.415 e. The maximum atomic E-state index is 13.2. The van der Waals surface area contributed by atoms with Crippen molar-refractivity contribution in [1.82, 2.24) is 63.9 Å². The summed E-state index contributed by atoms with van der Waals surface area (Å²) in [5, 5.41) is 11.3. The molecule has 0 radical (unpaired) electrons. The zero-order valence-corrected chi connectivity index (χ0v) is 79.1. The lowest BCUT2D eigenvalue weighted by molar-refractivity contribution is 0.0571. The van der Waals surface area contributed by atoms with Crippen LogP contribution in [0.5, 0.6) is 23.0 Å². The van der Waals surface area contributed by atoms with Crippen LogP contribution >= 0.6 is 69.6 Å². The standard InChI is InChI=1S/C28H31ClN4O3.C27H30ClN5O3.C24H24Cl2N2O3.C23H22Cl2N2O3/c1-3-19(2)36-28(34)33-14-11-23-24-17-21(29)7-10-25(24)31-26(23)27(33)20-5-8-22(9-6-20)35-16-4-13-32-15-12-30-18-32;1-3-18(2)36-27(34)33-13-11-22-23-15-20(28)7-10-24(23)31-25(22)26(33)19-5-8-21(9-6-19)35-14-4-12-32-17-29-16-30-32;1-2-13-31-24(29)28-12-10-19-20-15-17(26)6-9-21(20)27-22(19)23(28)16-4-7-18(8-5-16)30-14-3-11-25;1-2-29-23(28)27-12-10-18-19-14-16(25)6-9-20(19)26-21(18)22(27)15-4-7-17(8-5-15)30-13-3-11-24/h5-10,12,15,17-19,27,31H,3-4,11,13-14,16H2,1-2H3;5-10,15-18,26,31H,3-4,11-14H2,1-2H3;2,4-9,15,23,27H,1,3,10-14H2;2,4-9,14,22,26H,1,3,10-13H2. The van der Waals surface area contributed by atoms with E-state index < -0.39 is 6.09 Å². The van der Waals surface area contributed by atoms with Gasteiger partial charge in [0.05, 0.1) is 39.0 Å². The van der Waals surface area contributed by atoms with Crippen LogP contribution in [0.25, 0.3) is 43.6 Å². The fourth-order valence-electron chi connectivity index (χ4n) is 17.3. The first-order chi connectivity index (χ1) is 64.8. The van der Waals surface area contributed by atoms with Crippen molar-refractivity contribution in [3.05, 3.63) is 314 Å². The van der Waals surface area contributed by atoms with Crippen molar-refractivity contribution in [2.24, 2.45) is 0 Å². The molecule has 0 saturated heterocycles. The Morgan fingerprint density at radius 2 is 0.774 bits per heavy atom. The van der Waals surface area contributed by atoms with Crippen molar-refractivity contribution in [2.45, 2.75) is 141 Å². The molecule has 14 aromatic rings. The number of benzene rings is 8. The second kappa shape index (κ2) is 45.5. The van der Waals surface area contributed by atoms with Crippen LogP contribution in [0.2, 0.25) is 20.1 Å². The van der Waals surface area contributed by atoms with Crippen LogP contribution in [0.4, 0.5) is 19.2 Å². The third kappa shape index (κ3) is 23.0. The summed E-state index contributed by atoms with van der Waals surface area (Å²) in [5.74, 6) is 4.25. The topological polar surface area (TPSA) is 267 Å². The number of H-pyrrole nitrogens is 4. The molecule has 4 amide bonds. The molecule has 8 aromatic carbocycles. The Bertz CT molecular complexity index is 6080. The summed E-state index contributed by atoms with van der Waals surface area (Å²) >= 11 is 36.5. The van der Waals surface area contributed by atoms with Crippen LogP contribution in [-0.2, 0) is 57.7 Å². The first kappa shape index (κ1) is 95.4. The zero-order chi connectivity index (χ0) is 93.0. The van der Waals surface area contributed by atoms with E-state index in [1.54, 1.807) is 33.1 Å². The number of ether oxygens (including phenoxy) is 8. The summed E-state index contributed by atoms with van der Waals surface area (Å²) in [5.41, 5.74) is 16.6. The highest BCUT2D eigenvalue weighted by atomic mass is 35.5. The summed E-state index contributed by atoms with van der Waals surface area (Å²) in [6.45, 7) is 21.3. The van der Waals surface area contributed by atoms with E-state index in [4.69, 9.17) is 108 Å². The van der Waals surface area contributed by atoms with Gasteiger partial charge < -0.3 is 62.4 Å². The number of rotatable bonds is 29. The molecule has 25 nitrogen and oxygen atoms in total. The molecule has 0 aliphatic carbocycles. The fourth-order valence-corrected chi connectivity index (χ4v) is 18.2. The van der Waals surface area contributed by atoms with Crippen molar-refractivity contribution < 1.29 is 57.1 Å². The number of aryl methyl sites for hydroxylation is 2. The Hall–Kier alpha value is -12.2. The van der Waals surface area contributed by atoms with Gasteiger partial charge in [-0.15, -0.1) is 23.2 Å². The second-order valence-corrected chi connectivity index (χ2v) is 35.3. The van der Waals surface area contributed by atoms with E-state index >= 15 is 0 Å². The van der Waals surface area contributed by atoms with Gasteiger partial charge in [-0.1, -0.05) is 128 Å². The van der Waals surface area contributed by atoms with Gasteiger partial charge in [0.2, 0.25) is 0 Å². The quantitative estimate of drug-likeness (QED) is 0.0112. The van der Waals surface area contributed by atoms with Gasteiger partial charge in [-0.25, -0.2) is 29.1 Å². The SMILES string of the molecule is C=CCOC(=O)N1CCc2c([nH]c3ccc(Cl)cc23)C1c1ccc(OCCCCl)cc1.C=COC(=O)N1CCc2c([nH]c3ccc(Cl)cc23)C1c1ccc(OCCCCl)cc1.CCC(C)OC(=O)N1CCc2c([nH]c3ccc(Cl)cc23)C1c1ccc(OCCCn2ccnc2)cc1.CCC(C)OC(=O)N1CCc2c([nH]c3ccc(Cl)cc23)C1c1ccc(OCCCn2cncn2)cc1. The third-order valence-corrected chi connectivity index (χ3v) is 25.6. The van der Waals surface area contributed by atoms with Gasteiger partial charge in [0.25, 0.3) is 0 Å². The number of aromatic nitrogens is 9. The van der Waals surface area contributed by atoms with Crippen molar-refractivity contribution >= 4 is 138 Å². The van der Waals surface area contributed by atoms with Gasteiger partial charge in [-0.3, -0.25) is 24.3 Å². The first-order valence-electron chi connectivity index (χ1n) is 44.9. The molecule has 0 spiro atoms. The summed E-state index contributed by atoms with van der Waals surface area (Å²) in [4.78, 5) is 81.2. The molecule has 6 aromatic heterocycles. The number of hydrogen-bond acceptors (Lipinski definition) is 15. The number of nitrogens with zero attached hydrogens (tertiary/aromatic N) is 9. The number of carbonyl (C=O) groups is 4. The van der Waals surface area contributed by atoms with Crippen LogP contribution in [0.3, 0.4) is 0 Å². The van der Waals surface area contributed by atoms with Crippen molar-refractivity contribution in [2.75, 3.05) is 71.0 Å². The van der Waals surface area contributed by atoms with Crippen LogP contribution in [0.1, 0.15) is 158 Å². The summed E-state index contributed by atoms with van der Waals surface area (Å²) < 4.78 is 49.1. The van der Waals surface area contributed by atoms with E-state index in [9.17, 15) is 19.2 Å². The highest BCUT2D eigenvalue weighted by Crippen LogP contribution is 2.46. The number of halogens is 6. The lowest BCUT2D eigenvalue weighted by atomic mass is 9.92. The third-order valence-electron chi connectivity index (χ3n) is 24.1. The molecule has 4 aliphatic heterocycles. The molecule has 4 aliphatic rings. The Kier molecular flexibility index (Phi) is 32.6. The van der Waals surface area contributed by atoms with Gasteiger partial charge in [-0.2, -0.15) is 5.10 Å². The van der Waals surface area contributed by atoms with Crippen molar-refractivity contribution in [1.29, 1.82) is 0 Å². The number of amides is 4. The minimum Gasteiger partial charge on any atom is -0.494 e. The molecule has 18 rings (SSSR count). The molecule has 0 bridgehead atoms. The molecular weight excluding hydrogens is 1810 g/mol.